The van der Waals surface area contributed by atoms with Crippen LogP contribution in [0.2, 0.25) is 0 Å². The minimum Gasteiger partial charge on any atom is -0.496 e. The molecule has 25 heteroatoms. The molecule has 0 aliphatic rings. The lowest BCUT2D eigenvalue weighted by atomic mass is 10.0. The van der Waals surface area contributed by atoms with E-state index < -0.39 is 29.4 Å². The second kappa shape index (κ2) is 24.0. The number of aromatic nitrogens is 6. The molecular weight excluding hydrogens is 949 g/mol. The molecule has 0 aliphatic carbocycles. The van der Waals surface area contributed by atoms with E-state index in [4.69, 9.17) is 40.7 Å². The summed E-state index contributed by atoms with van der Waals surface area (Å²) in [6, 6.07) is 7.17. The summed E-state index contributed by atoms with van der Waals surface area (Å²) in [4.78, 5) is 60.2. The quantitative estimate of drug-likeness (QED) is 0.0740. The Morgan fingerprint density at radius 2 is 1.33 bits per heavy atom. The third kappa shape index (κ3) is 11.8. The molecule has 7 rings (SSSR count). The molecule has 7 aromatic rings. The summed E-state index contributed by atoms with van der Waals surface area (Å²) in [5.41, 5.74) is 12.0. The van der Waals surface area contributed by atoms with Crippen LogP contribution in [0.1, 0.15) is 65.2 Å². The number of carboxylic acid groups (broad SMARTS) is 1. The van der Waals surface area contributed by atoms with Gasteiger partial charge < -0.3 is 53.8 Å². The Hall–Kier alpha value is -6.30. The molecule has 6 N–H and O–H groups in total. The molecule has 2 aromatic carbocycles. The van der Waals surface area contributed by atoms with Crippen molar-refractivity contribution in [3.05, 3.63) is 80.3 Å². The number of ether oxygens (including phenoxy) is 4. The molecule has 0 saturated heterocycles. The average molecular weight is 991 g/mol. The number of H-pyrrole nitrogens is 3. The lowest BCUT2D eigenvalue weighted by Gasteiger charge is -2.09. The zero-order chi connectivity index (χ0) is 46.5. The first kappa shape index (κ1) is 52.0. The molecular formula is C39H42N8O11S6. The van der Waals surface area contributed by atoms with E-state index in [0.29, 0.717) is 56.1 Å². The van der Waals surface area contributed by atoms with E-state index in [1.54, 1.807) is 40.0 Å². The maximum Gasteiger partial charge on any atom is 0.561 e. The highest BCUT2D eigenvalue weighted by Gasteiger charge is 2.24. The van der Waals surface area contributed by atoms with Crippen molar-refractivity contribution < 1.29 is 47.5 Å². The Morgan fingerprint density at radius 1 is 0.828 bits per heavy atom. The fourth-order valence-corrected chi connectivity index (χ4v) is 11.7. The topological polar surface area (TPSA) is 268 Å². The Labute approximate surface area is 386 Å². The summed E-state index contributed by atoms with van der Waals surface area (Å²) in [7, 11) is 8.74. The lowest BCUT2D eigenvalue weighted by molar-refractivity contribution is 0.0529. The number of carbonyl (C=O) groups excluding carboxylic acids is 2. The van der Waals surface area contributed by atoms with Crippen molar-refractivity contribution in [2.75, 3.05) is 33.2 Å². The van der Waals surface area contributed by atoms with Crippen molar-refractivity contribution in [2.24, 2.45) is 0 Å². The molecule has 1 amide bonds. The van der Waals surface area contributed by atoms with Crippen LogP contribution in [0.3, 0.4) is 0 Å². The van der Waals surface area contributed by atoms with Crippen molar-refractivity contribution in [3.63, 3.8) is 0 Å². The maximum absolute atomic E-state index is 12.4. The number of benzene rings is 2. The summed E-state index contributed by atoms with van der Waals surface area (Å²) >= 11 is 9.03. The number of rotatable bonds is 8. The molecule has 340 valence electrons. The molecule has 0 atom stereocenters. The number of anilines is 1. The number of carbonyl (C=O) groups is 3. The highest BCUT2D eigenvalue weighted by Crippen LogP contribution is 2.40. The molecule has 19 nitrogen and oxygen atoms in total. The molecule has 0 saturated carbocycles. The highest BCUT2D eigenvalue weighted by molar-refractivity contribution is 8.64. The fourth-order valence-electron chi connectivity index (χ4n) is 6.24. The van der Waals surface area contributed by atoms with E-state index in [2.05, 4.69) is 62.2 Å². The monoisotopic (exact) mass is 990 g/mol. The van der Waals surface area contributed by atoms with Gasteiger partial charge in [0.25, 0.3) is 5.56 Å². The van der Waals surface area contributed by atoms with Crippen LogP contribution in [0.25, 0.3) is 59.9 Å². The van der Waals surface area contributed by atoms with Crippen LogP contribution in [0, 0.1) is 34.3 Å². The van der Waals surface area contributed by atoms with Crippen molar-refractivity contribution in [3.8, 4) is 33.8 Å². The van der Waals surface area contributed by atoms with Crippen molar-refractivity contribution in [1.82, 2.24) is 30.2 Å². The van der Waals surface area contributed by atoms with Gasteiger partial charge in [0, 0.05) is 90.8 Å². The number of methoxy groups -OCH3 is 2. The maximum atomic E-state index is 12.4. The smallest absolute Gasteiger partial charge is 0.496 e. The molecule has 0 spiro atoms. The van der Waals surface area contributed by atoms with Crippen LogP contribution >= 0.6 is 0 Å². The standard InChI is InChI=1S/C17H14N4O5.C17H19N3O4.C4H5NO2.CH4.S6/c1-6-12(7(2)26-21-6)9-4-10-8(5-11(9)25-3)13-14(18-10)19-15(17(23)24)20-16(13)22;1-5-23-17(21)15-10-7-13(22-4)11(6-12(10)19-16(15)18)14-8(2)20-24-9(14)3;1-3-7-4(6)5-2;;1-3-5-6-4-2/h4-5H,1-3H3,(H,23,24)(H2,18,19,20,22);6-7,19H,5,18H2,1-4H3;3H2,1H3;1H4;. The predicted molar refractivity (Wildman–Crippen MR) is 257 cm³/mol. The number of carboxylic acids is 1. The van der Waals surface area contributed by atoms with E-state index in [1.807, 2.05) is 32.9 Å². The number of nitrogens with zero attached hydrogens (tertiary/aromatic N) is 4. The Kier molecular flexibility index (Phi) is 19.5. The van der Waals surface area contributed by atoms with Crippen molar-refractivity contribution in [2.45, 2.75) is 49.0 Å². The summed E-state index contributed by atoms with van der Waals surface area (Å²) in [6.45, 7) is 17.4. The molecule has 0 fully saturated rings. The predicted octanol–water partition coefficient (Wildman–Crippen LogP) is 7.27. The number of nitrogen functional groups attached to an aromatic ring is 1. The normalized spacial score (nSPS) is 10.0. The van der Waals surface area contributed by atoms with Gasteiger partial charge in [-0.25, -0.2) is 14.6 Å². The van der Waals surface area contributed by atoms with Crippen LogP contribution in [0.4, 0.5) is 10.6 Å². The van der Waals surface area contributed by atoms with Crippen LogP contribution in [-0.2, 0) is 67.4 Å². The number of hydrogen-bond donors (Lipinski definition) is 5. The second-order valence-electron chi connectivity index (χ2n) is 12.4. The summed E-state index contributed by atoms with van der Waals surface area (Å²) in [6.07, 6.45) is -0.831. The molecule has 0 unspecified atom stereocenters. The molecule has 5 heterocycles. The van der Waals surface area contributed by atoms with E-state index in [1.165, 1.54) is 42.6 Å². The van der Waals surface area contributed by atoms with Crippen molar-refractivity contribution in [1.29, 1.82) is 0 Å². The van der Waals surface area contributed by atoms with Crippen LogP contribution in [-0.4, -0.2) is 80.8 Å². The number of aromatic carboxylic acids is 1. The number of nitrogens with one attached hydrogen (secondary N) is 3. The summed E-state index contributed by atoms with van der Waals surface area (Å²) < 4.78 is 30.8. The van der Waals surface area contributed by atoms with Crippen LogP contribution in [0.5, 0.6) is 11.5 Å². The van der Waals surface area contributed by atoms with Gasteiger partial charge in [0.2, 0.25) is 5.82 Å². The largest absolute Gasteiger partial charge is 0.561 e. The van der Waals surface area contributed by atoms with Gasteiger partial charge in [-0.15, -0.1) is 0 Å². The molecule has 0 aliphatic heterocycles. The zero-order valence-corrected chi connectivity index (χ0v) is 39.5. The van der Waals surface area contributed by atoms with Gasteiger partial charge >= 0.3 is 18.0 Å². The van der Waals surface area contributed by atoms with Gasteiger partial charge in [0.1, 0.15) is 46.6 Å². The Balaban J connectivity index is 0.000000265. The average Bonchev–Trinajstić information content (AvgIpc) is 4.00. The summed E-state index contributed by atoms with van der Waals surface area (Å²) in [5.74, 6) is 0.532. The molecule has 5 aromatic heterocycles. The molecule has 0 radical (unpaired) electrons. The first-order valence-corrected chi connectivity index (χ1v) is 24.6. The number of amides is 1. The first-order chi connectivity index (χ1) is 30.1. The number of hydrogen-bond acceptors (Lipinski definition) is 16. The van der Waals surface area contributed by atoms with Gasteiger partial charge in [-0.1, -0.05) is 17.7 Å². The number of fused-ring (bicyclic) bond motifs is 4. The van der Waals surface area contributed by atoms with E-state index in [9.17, 15) is 19.2 Å². The third-order valence-corrected chi connectivity index (χ3v) is 15.3. The van der Waals surface area contributed by atoms with Gasteiger partial charge in [0.15, 0.2) is 0 Å². The number of aryl methyl sites for hydroxylation is 4. The highest BCUT2D eigenvalue weighted by atomic mass is 33.3. The first-order valence-electron chi connectivity index (χ1n) is 18.0. The van der Waals surface area contributed by atoms with E-state index in [-0.39, 0.29) is 37.5 Å². The second-order valence-corrected chi connectivity index (χ2v) is 19.5. The van der Waals surface area contributed by atoms with Gasteiger partial charge in [0.05, 0.1) is 55.3 Å². The third-order valence-electron chi connectivity index (χ3n) is 8.66. The number of esters is 1. The fraction of sp³-hybridized carbons (Fsp3) is 0.282. The van der Waals surface area contributed by atoms with Crippen LogP contribution < -0.4 is 20.8 Å². The minimum atomic E-state index is -1.31. The lowest BCUT2D eigenvalue weighted by Crippen LogP contribution is -2.15. The number of nitrogens with two attached hydrogens (primary N) is 1. The number of aromatic amines is 3. The Bertz CT molecular complexity index is 3080. The van der Waals surface area contributed by atoms with E-state index >= 15 is 0 Å². The van der Waals surface area contributed by atoms with E-state index in [0.717, 1.165) is 27.9 Å². The SMILES string of the molecule is C.CCOC(=O)c1c(N)[nH]c2cc(-c3c(C)noc3C)c(OC)cc12.COc1cc2c(cc1-c1c(C)noc1C)[nH]c1nc(C(=O)O)[nH]c(=O)c12.S=S=S=S=S=S.[C-]#[N+]C(=O)OCC. The zero-order valence-electron chi connectivity index (χ0n) is 34.6. The minimum absolute atomic E-state index is 0. The van der Waals surface area contributed by atoms with Gasteiger partial charge in [-0.3, -0.25) is 9.59 Å². The van der Waals surface area contributed by atoms with Crippen molar-refractivity contribution >= 4 is 115 Å². The molecule has 64 heavy (non-hydrogen) atoms. The summed E-state index contributed by atoms with van der Waals surface area (Å²) in [5, 5.41) is 18.5. The van der Waals surface area contributed by atoms with Crippen LogP contribution in [0.15, 0.2) is 38.1 Å². The van der Waals surface area contributed by atoms with Gasteiger partial charge in [-0.2, -0.15) is 4.85 Å². The van der Waals surface area contributed by atoms with Gasteiger partial charge in [-0.05, 0) is 65.8 Å². The Morgan fingerprint density at radius 3 is 1.73 bits per heavy atom. The molecule has 0 bridgehead atoms.